The van der Waals surface area contributed by atoms with E-state index in [4.69, 9.17) is 9.84 Å². The number of hydrogen-bond acceptors (Lipinski definition) is 4. The van der Waals surface area contributed by atoms with Gasteiger partial charge >= 0.3 is 0 Å². The molecule has 0 bridgehead atoms. The second-order valence-electron chi connectivity index (χ2n) is 5.81. The average molecular weight is 297 g/mol. The highest BCUT2D eigenvalue weighted by molar-refractivity contribution is 5.97. The monoisotopic (exact) mass is 297 g/mol. The molecule has 1 atom stereocenters. The third kappa shape index (κ3) is 4.74. The molecule has 1 heterocycles. The van der Waals surface area contributed by atoms with Crippen LogP contribution >= 0.6 is 0 Å². The highest BCUT2D eigenvalue weighted by Gasteiger charge is 2.22. The first-order valence-corrected chi connectivity index (χ1v) is 7.37. The Morgan fingerprint density at radius 1 is 1.48 bits per heavy atom. The molecule has 0 spiro atoms. The van der Waals surface area contributed by atoms with Crippen LogP contribution in [0.3, 0.4) is 0 Å². The van der Waals surface area contributed by atoms with Gasteiger partial charge in [0.1, 0.15) is 5.56 Å². The molecule has 0 fully saturated rings. The van der Waals surface area contributed by atoms with Gasteiger partial charge in [-0.05, 0) is 31.6 Å². The van der Waals surface area contributed by atoms with Crippen LogP contribution < -0.4 is 10.1 Å². The summed E-state index contributed by atoms with van der Waals surface area (Å²) in [5.74, 6) is 1.10. The van der Waals surface area contributed by atoms with Crippen LogP contribution in [-0.4, -0.2) is 41.1 Å². The van der Waals surface area contributed by atoms with E-state index in [-0.39, 0.29) is 18.4 Å². The predicted molar refractivity (Wildman–Crippen MR) is 81.5 cm³/mol. The maximum absolute atomic E-state index is 12.3. The summed E-state index contributed by atoms with van der Waals surface area (Å²) in [4.78, 5) is 12.3. The molecule has 21 heavy (non-hydrogen) atoms. The molecule has 2 N–H and O–H groups in total. The fourth-order valence-electron chi connectivity index (χ4n) is 2.61. The number of methoxy groups -OCH3 is 1. The van der Waals surface area contributed by atoms with Gasteiger partial charge < -0.3 is 15.2 Å². The maximum atomic E-state index is 12.3. The van der Waals surface area contributed by atoms with Crippen molar-refractivity contribution in [3.63, 3.8) is 0 Å². The van der Waals surface area contributed by atoms with Gasteiger partial charge in [0, 0.05) is 20.2 Å². The molecule has 0 aromatic carbocycles. The Kier molecular flexibility index (Phi) is 6.68. The molecule has 1 amide bonds. The highest BCUT2D eigenvalue weighted by atomic mass is 16.5. The van der Waals surface area contributed by atoms with Gasteiger partial charge in [0.15, 0.2) is 0 Å². The van der Waals surface area contributed by atoms with Gasteiger partial charge in [0.25, 0.3) is 5.91 Å². The third-order valence-corrected chi connectivity index (χ3v) is 3.48. The van der Waals surface area contributed by atoms with Crippen LogP contribution in [0.5, 0.6) is 5.88 Å². The summed E-state index contributed by atoms with van der Waals surface area (Å²) < 4.78 is 6.80. The van der Waals surface area contributed by atoms with E-state index in [1.54, 1.807) is 18.7 Å². The number of aliphatic hydroxyl groups is 1. The Morgan fingerprint density at radius 3 is 2.67 bits per heavy atom. The molecule has 6 heteroatoms. The molecule has 1 aromatic rings. The minimum Gasteiger partial charge on any atom is -0.481 e. The van der Waals surface area contributed by atoms with E-state index in [9.17, 15) is 4.79 Å². The number of carbonyl (C=O) groups excluding carboxylic acids is 1. The number of amides is 1. The van der Waals surface area contributed by atoms with Gasteiger partial charge in [0.2, 0.25) is 5.88 Å². The Morgan fingerprint density at radius 2 is 2.14 bits per heavy atom. The van der Waals surface area contributed by atoms with Gasteiger partial charge in [-0.1, -0.05) is 13.8 Å². The predicted octanol–water partition coefficient (Wildman–Crippen LogP) is 1.51. The molecular formula is C15H27N3O3. The third-order valence-electron chi connectivity index (χ3n) is 3.48. The van der Waals surface area contributed by atoms with Crippen molar-refractivity contribution in [2.45, 2.75) is 33.6 Å². The lowest BCUT2D eigenvalue weighted by molar-refractivity contribution is 0.0937. The first-order valence-electron chi connectivity index (χ1n) is 7.37. The van der Waals surface area contributed by atoms with Gasteiger partial charge in [-0.2, -0.15) is 5.10 Å². The lowest BCUT2D eigenvalue weighted by atomic mass is 9.94. The van der Waals surface area contributed by atoms with E-state index < -0.39 is 0 Å². The molecule has 1 aromatic heterocycles. The summed E-state index contributed by atoms with van der Waals surface area (Å²) in [5.41, 5.74) is 1.13. The van der Waals surface area contributed by atoms with Crippen LogP contribution in [0.25, 0.3) is 0 Å². The first-order chi connectivity index (χ1) is 9.90. The van der Waals surface area contributed by atoms with Crippen LogP contribution in [0.4, 0.5) is 0 Å². The van der Waals surface area contributed by atoms with Crippen molar-refractivity contribution < 1.29 is 14.6 Å². The van der Waals surface area contributed by atoms with Crippen molar-refractivity contribution in [1.29, 1.82) is 0 Å². The highest BCUT2D eigenvalue weighted by Crippen LogP contribution is 2.21. The summed E-state index contributed by atoms with van der Waals surface area (Å²) in [6.07, 6.45) is 1.67. The molecule has 0 aliphatic carbocycles. The van der Waals surface area contributed by atoms with Crippen LogP contribution in [0.15, 0.2) is 0 Å². The number of hydrogen-bond donors (Lipinski definition) is 2. The molecular weight excluding hydrogens is 270 g/mol. The van der Waals surface area contributed by atoms with E-state index in [2.05, 4.69) is 24.3 Å². The van der Waals surface area contributed by atoms with E-state index in [1.807, 2.05) is 0 Å². The summed E-state index contributed by atoms with van der Waals surface area (Å²) in [6.45, 7) is 6.76. The van der Waals surface area contributed by atoms with Crippen LogP contribution in [0.1, 0.15) is 42.7 Å². The zero-order valence-electron chi connectivity index (χ0n) is 13.6. The van der Waals surface area contributed by atoms with Crippen molar-refractivity contribution in [2.75, 3.05) is 20.3 Å². The summed E-state index contributed by atoms with van der Waals surface area (Å²) in [6, 6.07) is 0. The van der Waals surface area contributed by atoms with Crippen molar-refractivity contribution in [3.8, 4) is 5.88 Å². The molecule has 0 aliphatic rings. The van der Waals surface area contributed by atoms with Crippen molar-refractivity contribution in [2.24, 2.45) is 18.9 Å². The number of aromatic nitrogens is 2. The normalized spacial score (nSPS) is 12.5. The molecule has 6 nitrogen and oxygen atoms in total. The summed E-state index contributed by atoms with van der Waals surface area (Å²) >= 11 is 0. The molecule has 0 aliphatic heterocycles. The van der Waals surface area contributed by atoms with Gasteiger partial charge in [-0.25, -0.2) is 4.68 Å². The van der Waals surface area contributed by atoms with Crippen LogP contribution in [-0.2, 0) is 7.05 Å². The lowest BCUT2D eigenvalue weighted by Gasteiger charge is -2.18. The number of carbonyl (C=O) groups is 1. The number of aliphatic hydroxyl groups excluding tert-OH is 1. The van der Waals surface area contributed by atoms with Crippen molar-refractivity contribution >= 4 is 5.91 Å². The van der Waals surface area contributed by atoms with E-state index in [0.717, 1.165) is 6.42 Å². The van der Waals surface area contributed by atoms with Crippen LogP contribution in [0.2, 0.25) is 0 Å². The van der Waals surface area contributed by atoms with Gasteiger partial charge in [-0.15, -0.1) is 0 Å². The molecule has 120 valence electrons. The second-order valence-corrected chi connectivity index (χ2v) is 5.81. The molecule has 0 saturated heterocycles. The Hall–Kier alpha value is -1.56. The Labute approximate surface area is 126 Å². The maximum Gasteiger partial charge on any atom is 0.258 e. The standard InChI is InChI=1S/C15H27N3O3/c1-10(2)8-12(6-7-19)9-16-14(20)13-11(3)17-18(4)15(13)21-5/h10,12,19H,6-9H2,1-5H3,(H,16,20). The zero-order valence-corrected chi connectivity index (χ0v) is 13.6. The number of nitrogens with one attached hydrogen (secondary N) is 1. The topological polar surface area (TPSA) is 76.4 Å². The minimum atomic E-state index is -0.177. The SMILES string of the molecule is COc1c(C(=O)NCC(CCO)CC(C)C)c(C)nn1C. The molecule has 1 unspecified atom stereocenters. The van der Waals surface area contributed by atoms with Crippen LogP contribution in [0, 0.1) is 18.8 Å². The van der Waals surface area contributed by atoms with Crippen molar-refractivity contribution in [1.82, 2.24) is 15.1 Å². The zero-order chi connectivity index (χ0) is 16.0. The van der Waals surface area contributed by atoms with E-state index in [1.165, 1.54) is 7.11 Å². The Balaban J connectivity index is 2.72. The lowest BCUT2D eigenvalue weighted by Crippen LogP contribution is -2.31. The fraction of sp³-hybridized carbons (Fsp3) is 0.733. The average Bonchev–Trinajstić information content (AvgIpc) is 2.69. The quantitative estimate of drug-likeness (QED) is 0.762. The largest absolute Gasteiger partial charge is 0.481 e. The Bertz CT molecular complexity index is 469. The number of ether oxygens (including phenoxy) is 1. The smallest absolute Gasteiger partial charge is 0.258 e. The minimum absolute atomic E-state index is 0.141. The molecule has 1 rings (SSSR count). The first kappa shape index (κ1) is 17.5. The van der Waals surface area contributed by atoms with Gasteiger partial charge in [0.05, 0.1) is 12.8 Å². The summed E-state index contributed by atoms with van der Waals surface area (Å²) in [7, 11) is 3.27. The number of rotatable bonds is 8. The fourth-order valence-corrected chi connectivity index (χ4v) is 2.61. The van der Waals surface area contributed by atoms with Gasteiger partial charge in [-0.3, -0.25) is 4.79 Å². The molecule has 0 saturated carbocycles. The number of nitrogens with zero attached hydrogens (tertiary/aromatic N) is 2. The molecule has 0 radical (unpaired) electrons. The van der Waals surface area contributed by atoms with E-state index >= 15 is 0 Å². The van der Waals surface area contributed by atoms with E-state index in [0.29, 0.717) is 36.0 Å². The summed E-state index contributed by atoms with van der Waals surface area (Å²) in [5, 5.41) is 16.3. The number of aryl methyl sites for hydroxylation is 2. The van der Waals surface area contributed by atoms with Crippen molar-refractivity contribution in [3.05, 3.63) is 11.3 Å². The second kappa shape index (κ2) is 8.02.